The van der Waals surface area contributed by atoms with Gasteiger partial charge in [-0.25, -0.2) is 4.98 Å². The van der Waals surface area contributed by atoms with Crippen LogP contribution in [0.1, 0.15) is 43.6 Å². The molecule has 0 saturated heterocycles. The third-order valence-corrected chi connectivity index (χ3v) is 6.55. The van der Waals surface area contributed by atoms with Gasteiger partial charge in [-0.15, -0.1) is 0 Å². The average molecular weight is 427 g/mol. The Balaban J connectivity index is 1.49. The Morgan fingerprint density at radius 2 is 2.03 bits per heavy atom. The highest BCUT2D eigenvalue weighted by Gasteiger charge is 2.35. The Morgan fingerprint density at radius 1 is 1.16 bits per heavy atom. The molecule has 0 unspecified atom stereocenters. The molecular formula is C25H26N6O. The minimum atomic E-state index is 0.200. The van der Waals surface area contributed by atoms with E-state index in [1.807, 2.05) is 30.5 Å². The Morgan fingerprint density at radius 3 is 2.78 bits per heavy atom. The van der Waals surface area contributed by atoms with Gasteiger partial charge >= 0.3 is 0 Å². The van der Waals surface area contributed by atoms with Crippen LogP contribution >= 0.6 is 0 Å². The Kier molecular flexibility index (Phi) is 4.38. The lowest BCUT2D eigenvalue weighted by atomic mass is 10.0. The summed E-state index contributed by atoms with van der Waals surface area (Å²) in [6, 6.07) is 8.46. The number of carbonyl (C=O) groups is 1. The van der Waals surface area contributed by atoms with Gasteiger partial charge in [0, 0.05) is 48.4 Å². The van der Waals surface area contributed by atoms with Gasteiger partial charge in [-0.2, -0.15) is 5.10 Å². The molecule has 7 nitrogen and oxygen atoms in total. The van der Waals surface area contributed by atoms with Crippen LogP contribution < -0.4 is 0 Å². The third-order valence-electron chi connectivity index (χ3n) is 6.55. The van der Waals surface area contributed by atoms with Gasteiger partial charge < -0.3 is 9.47 Å². The largest absolute Gasteiger partial charge is 0.335 e. The van der Waals surface area contributed by atoms with Crippen molar-refractivity contribution in [1.82, 2.24) is 29.2 Å². The lowest BCUT2D eigenvalue weighted by Gasteiger charge is -2.29. The number of hydrogen-bond acceptors (Lipinski definition) is 4. The molecule has 6 rings (SSSR count). The van der Waals surface area contributed by atoms with Crippen molar-refractivity contribution in [3.63, 3.8) is 0 Å². The predicted molar refractivity (Wildman–Crippen MR) is 123 cm³/mol. The summed E-state index contributed by atoms with van der Waals surface area (Å²) in [5, 5.41) is 6.49. The van der Waals surface area contributed by atoms with Crippen LogP contribution in [0.15, 0.2) is 42.9 Å². The van der Waals surface area contributed by atoms with Crippen molar-refractivity contribution in [2.75, 3.05) is 6.54 Å². The number of hydrogen-bond donors (Lipinski definition) is 0. The highest BCUT2D eigenvalue weighted by molar-refractivity contribution is 5.97. The average Bonchev–Trinajstić information content (AvgIpc) is 3.45. The first kappa shape index (κ1) is 19.2. The molecule has 7 heteroatoms. The molecule has 1 amide bonds. The molecule has 162 valence electrons. The van der Waals surface area contributed by atoms with E-state index in [0.717, 1.165) is 70.6 Å². The van der Waals surface area contributed by atoms with Crippen LogP contribution in [-0.4, -0.2) is 41.7 Å². The van der Waals surface area contributed by atoms with Gasteiger partial charge in [-0.1, -0.05) is 25.1 Å². The third kappa shape index (κ3) is 3.11. The van der Waals surface area contributed by atoms with Crippen LogP contribution in [0.2, 0.25) is 0 Å². The molecule has 0 spiro atoms. The van der Waals surface area contributed by atoms with Crippen molar-refractivity contribution in [3.05, 3.63) is 54.4 Å². The summed E-state index contributed by atoms with van der Waals surface area (Å²) >= 11 is 0. The van der Waals surface area contributed by atoms with E-state index in [9.17, 15) is 4.79 Å². The molecule has 2 aliphatic rings. The summed E-state index contributed by atoms with van der Waals surface area (Å²) in [5.74, 6) is 1.76. The minimum Gasteiger partial charge on any atom is -0.335 e. The van der Waals surface area contributed by atoms with Crippen molar-refractivity contribution in [3.8, 4) is 22.5 Å². The first-order valence-corrected chi connectivity index (χ1v) is 11.4. The van der Waals surface area contributed by atoms with Crippen molar-refractivity contribution < 1.29 is 4.79 Å². The predicted octanol–water partition coefficient (Wildman–Crippen LogP) is 4.13. The van der Waals surface area contributed by atoms with E-state index in [-0.39, 0.29) is 5.91 Å². The van der Waals surface area contributed by atoms with Gasteiger partial charge in [0.15, 0.2) is 0 Å². The highest BCUT2D eigenvalue weighted by Crippen LogP contribution is 2.43. The summed E-state index contributed by atoms with van der Waals surface area (Å²) in [6.07, 6.45) is 9.05. The molecule has 32 heavy (non-hydrogen) atoms. The zero-order chi connectivity index (χ0) is 21.8. The molecule has 1 aliphatic carbocycles. The Hall–Kier alpha value is -3.48. The second-order valence-corrected chi connectivity index (χ2v) is 8.94. The fraction of sp³-hybridized carbons (Fsp3) is 0.360. The number of aromatic nitrogens is 5. The molecular weight excluding hydrogens is 400 g/mol. The summed E-state index contributed by atoms with van der Waals surface area (Å²) in [4.78, 5) is 24.6. The fourth-order valence-electron chi connectivity index (χ4n) is 4.78. The maximum Gasteiger partial charge on any atom is 0.242 e. The maximum atomic E-state index is 12.7. The molecule has 4 aromatic rings. The number of nitrogens with zero attached hydrogens (tertiary/aromatic N) is 6. The first-order chi connectivity index (χ1) is 15.6. The number of fused-ring (bicyclic) bond motifs is 2. The smallest absolute Gasteiger partial charge is 0.242 e. The SMILES string of the molecule is CCCN1Cc2c(-c3cccc4cc(-c5cnn(C)c5)ncc34)nc(C3CC3)n2CC1=O. The van der Waals surface area contributed by atoms with Crippen molar-refractivity contribution in [2.45, 2.75) is 45.2 Å². The van der Waals surface area contributed by atoms with E-state index < -0.39 is 0 Å². The van der Waals surface area contributed by atoms with Crippen molar-refractivity contribution in [2.24, 2.45) is 7.05 Å². The van der Waals surface area contributed by atoms with Crippen LogP contribution in [0.5, 0.6) is 0 Å². The second-order valence-electron chi connectivity index (χ2n) is 8.94. The lowest BCUT2D eigenvalue weighted by Crippen LogP contribution is -2.39. The standard InChI is InChI=1S/C25H26N6O/c1-3-9-30-14-22-24(28-25(16-7-8-16)31(22)15-23(30)32)19-6-4-5-17-10-21(26-12-20(17)19)18-11-27-29(2)13-18/h4-6,10-13,16H,3,7-9,14-15H2,1-2H3. The van der Waals surface area contributed by atoms with Gasteiger partial charge in [0.1, 0.15) is 12.4 Å². The number of pyridine rings is 1. The van der Waals surface area contributed by atoms with Gasteiger partial charge in [-0.3, -0.25) is 14.5 Å². The van der Waals surface area contributed by atoms with E-state index in [0.29, 0.717) is 19.0 Å². The van der Waals surface area contributed by atoms with Crippen molar-refractivity contribution in [1.29, 1.82) is 0 Å². The topological polar surface area (TPSA) is 68.8 Å². The van der Waals surface area contributed by atoms with Gasteiger partial charge in [0.05, 0.1) is 29.8 Å². The van der Waals surface area contributed by atoms with E-state index >= 15 is 0 Å². The number of carbonyl (C=O) groups excluding carboxylic acids is 1. The molecule has 0 radical (unpaired) electrons. The molecule has 1 aliphatic heterocycles. The van der Waals surface area contributed by atoms with Crippen molar-refractivity contribution >= 4 is 16.7 Å². The first-order valence-electron chi connectivity index (χ1n) is 11.4. The Labute approximate surface area is 186 Å². The molecule has 1 saturated carbocycles. The van der Waals surface area contributed by atoms with Gasteiger partial charge in [0.2, 0.25) is 5.91 Å². The zero-order valence-corrected chi connectivity index (χ0v) is 18.5. The second kappa shape index (κ2) is 7.29. The monoisotopic (exact) mass is 426 g/mol. The summed E-state index contributed by atoms with van der Waals surface area (Å²) < 4.78 is 3.98. The quantitative estimate of drug-likeness (QED) is 0.481. The highest BCUT2D eigenvalue weighted by atomic mass is 16.2. The van der Waals surface area contributed by atoms with Crippen LogP contribution in [0.3, 0.4) is 0 Å². The zero-order valence-electron chi connectivity index (χ0n) is 18.5. The number of benzene rings is 1. The van der Waals surface area contributed by atoms with E-state index in [1.54, 1.807) is 4.68 Å². The molecule has 0 N–H and O–H groups in total. The number of imidazole rings is 1. The van der Waals surface area contributed by atoms with E-state index in [2.05, 4.69) is 40.9 Å². The number of rotatable bonds is 5. The normalized spacial score (nSPS) is 16.1. The van der Waals surface area contributed by atoms with Crippen LogP contribution in [0, 0.1) is 0 Å². The molecule has 4 heterocycles. The van der Waals surface area contributed by atoms with E-state index in [4.69, 9.17) is 9.97 Å². The van der Waals surface area contributed by atoms with Crippen LogP contribution in [0.25, 0.3) is 33.3 Å². The summed E-state index contributed by atoms with van der Waals surface area (Å²) in [5.41, 5.74) is 5.16. The number of aryl methyl sites for hydroxylation is 1. The van der Waals surface area contributed by atoms with Crippen LogP contribution in [0.4, 0.5) is 0 Å². The molecule has 0 atom stereocenters. The Bertz CT molecular complexity index is 1350. The fourth-order valence-corrected chi connectivity index (χ4v) is 4.78. The summed E-state index contributed by atoms with van der Waals surface area (Å²) in [7, 11) is 1.91. The van der Waals surface area contributed by atoms with Gasteiger partial charge in [0.25, 0.3) is 0 Å². The van der Waals surface area contributed by atoms with Gasteiger partial charge in [-0.05, 0) is 30.7 Å². The van der Waals surface area contributed by atoms with Crippen LogP contribution in [-0.2, 0) is 24.9 Å². The molecule has 1 aromatic carbocycles. The summed E-state index contributed by atoms with van der Waals surface area (Å²) in [6.45, 7) is 3.93. The molecule has 0 bridgehead atoms. The molecule has 1 fully saturated rings. The number of amides is 1. The van der Waals surface area contributed by atoms with E-state index in [1.165, 1.54) is 0 Å². The maximum absolute atomic E-state index is 12.7. The minimum absolute atomic E-state index is 0.200. The lowest BCUT2D eigenvalue weighted by molar-refractivity contribution is -0.134. The molecule has 3 aromatic heterocycles.